The first-order chi connectivity index (χ1) is 15.1. The standard InChI is InChI=1S/C10H8S2.C10H6S2.6CH3.2Sn/c2*1-3-9(11-7-1)5-6-10-4-2-8-12-10;;;;;;;;/h1-8H;1-6H;6*1H3;;/b2*6-5-;;;;;;;;. The summed E-state index contributed by atoms with van der Waals surface area (Å²) in [5.41, 5.74) is 0. The summed E-state index contributed by atoms with van der Waals surface area (Å²) in [6.07, 6.45) is 8.88. The summed E-state index contributed by atoms with van der Waals surface area (Å²) in [5, 5.41) is 4.18. The zero-order valence-corrected chi connectivity index (χ0v) is 28.7. The van der Waals surface area contributed by atoms with Gasteiger partial charge in [0.05, 0.1) is 0 Å². The van der Waals surface area contributed by atoms with Crippen molar-refractivity contribution in [3.05, 3.63) is 78.8 Å². The maximum absolute atomic E-state index is 2.48. The molecule has 0 radical (unpaired) electrons. The van der Waals surface area contributed by atoms with Gasteiger partial charge in [-0.05, 0) is 35.0 Å². The van der Waals surface area contributed by atoms with E-state index in [4.69, 9.17) is 0 Å². The number of thiophene rings is 4. The molecule has 0 aliphatic rings. The van der Waals surface area contributed by atoms with Gasteiger partial charge in [-0.1, -0.05) is 12.1 Å². The topological polar surface area (TPSA) is 0 Å². The molecule has 0 nitrogen and oxygen atoms in total. The van der Waals surface area contributed by atoms with Crippen molar-refractivity contribution in [2.75, 3.05) is 0 Å². The number of hydrogen-bond acceptors (Lipinski definition) is 4. The molecular weight excluding hydrogens is 678 g/mol. The van der Waals surface area contributed by atoms with Gasteiger partial charge in [-0.2, -0.15) is 0 Å². The molecule has 0 saturated heterocycles. The Balaban J connectivity index is 0.000000204. The summed E-state index contributed by atoms with van der Waals surface area (Å²) in [7, 11) is 0. The summed E-state index contributed by atoms with van der Waals surface area (Å²) in [6.45, 7) is 0. The average molecular weight is 710 g/mol. The Kier molecular flexibility index (Phi) is 9.95. The van der Waals surface area contributed by atoms with Crippen molar-refractivity contribution in [1.82, 2.24) is 0 Å². The molecule has 0 amide bonds. The number of hydrogen-bond donors (Lipinski definition) is 0. The van der Waals surface area contributed by atoms with E-state index >= 15 is 0 Å². The van der Waals surface area contributed by atoms with Crippen molar-refractivity contribution >= 4 is 112 Å². The van der Waals surface area contributed by atoms with Gasteiger partial charge in [-0.3, -0.25) is 0 Å². The molecule has 4 aromatic heterocycles. The van der Waals surface area contributed by atoms with Crippen LogP contribution in [0.3, 0.4) is 0 Å². The third-order valence-electron chi connectivity index (χ3n) is 4.64. The summed E-state index contributed by atoms with van der Waals surface area (Å²) < 4.78 is 3.33. The molecule has 0 aliphatic heterocycles. The van der Waals surface area contributed by atoms with E-state index in [9.17, 15) is 0 Å². The first-order valence-corrected chi connectivity index (χ1v) is 34.1. The number of rotatable bonds is 6. The normalized spacial score (nSPS) is 12.4. The average Bonchev–Trinajstić information content (AvgIpc) is 3.52. The molecule has 4 rings (SSSR count). The van der Waals surface area contributed by atoms with E-state index in [-0.39, 0.29) is 0 Å². The zero-order valence-electron chi connectivity index (χ0n) is 19.7. The Morgan fingerprint density at radius 1 is 0.500 bits per heavy atom. The summed E-state index contributed by atoms with van der Waals surface area (Å²) in [6, 6.07) is 17.7. The van der Waals surface area contributed by atoms with Crippen molar-refractivity contribution in [3.63, 3.8) is 0 Å². The van der Waals surface area contributed by atoms with E-state index in [2.05, 4.69) is 113 Å². The second-order valence-electron chi connectivity index (χ2n) is 9.60. The molecule has 32 heavy (non-hydrogen) atoms. The second-order valence-corrected chi connectivity index (χ2v) is 44.6. The third kappa shape index (κ3) is 8.58. The molecule has 0 atom stereocenters. The summed E-state index contributed by atoms with van der Waals surface area (Å²) in [4.78, 5) is 20.3. The molecule has 0 aliphatic carbocycles. The molecular formula is C26H32S4Sn2. The van der Waals surface area contributed by atoms with Gasteiger partial charge in [-0.25, -0.2) is 0 Å². The maximum atomic E-state index is 2.48. The van der Waals surface area contributed by atoms with E-state index in [1.54, 1.807) is 28.5 Å². The SMILES string of the molecule is C(=C/c1cccs1)/c1cccs1.[CH3][Sn]([CH3])([CH3])[c]1ccc(/C=C\c2cc[c]([Sn]([CH3])([CH3])[CH3])s2)s1. The van der Waals surface area contributed by atoms with Crippen LogP contribution in [0.1, 0.15) is 19.5 Å². The van der Waals surface area contributed by atoms with E-state index in [1.807, 2.05) is 22.7 Å². The van der Waals surface area contributed by atoms with Crippen LogP contribution in [0.5, 0.6) is 0 Å². The van der Waals surface area contributed by atoms with Crippen molar-refractivity contribution in [1.29, 1.82) is 0 Å². The fraction of sp³-hybridized carbons (Fsp3) is 0.231. The van der Waals surface area contributed by atoms with Gasteiger partial charge in [0.2, 0.25) is 0 Å². The van der Waals surface area contributed by atoms with Crippen LogP contribution in [0.2, 0.25) is 29.6 Å². The molecule has 4 aromatic rings. The van der Waals surface area contributed by atoms with Crippen molar-refractivity contribution in [3.8, 4) is 0 Å². The predicted octanol–water partition coefficient (Wildman–Crippen LogP) is 9.05. The molecule has 4 heterocycles. The van der Waals surface area contributed by atoms with Gasteiger partial charge < -0.3 is 0 Å². The van der Waals surface area contributed by atoms with Crippen LogP contribution in [0.15, 0.2) is 59.3 Å². The van der Waals surface area contributed by atoms with Crippen LogP contribution in [0.25, 0.3) is 24.3 Å². The third-order valence-corrected chi connectivity index (χ3v) is 27.4. The van der Waals surface area contributed by atoms with Crippen LogP contribution in [0.4, 0.5) is 0 Å². The van der Waals surface area contributed by atoms with E-state index in [0.717, 1.165) is 0 Å². The van der Waals surface area contributed by atoms with Crippen LogP contribution >= 0.6 is 45.3 Å². The van der Waals surface area contributed by atoms with Crippen LogP contribution in [0, 0.1) is 0 Å². The Morgan fingerprint density at radius 3 is 1.16 bits per heavy atom. The minimum absolute atomic E-state index is 1.31. The van der Waals surface area contributed by atoms with Gasteiger partial charge >= 0.3 is 141 Å². The minimum atomic E-state index is -1.86. The Hall–Kier alpha value is -0.123. The zero-order chi connectivity index (χ0) is 23.2. The second kappa shape index (κ2) is 12.0. The Morgan fingerprint density at radius 2 is 0.875 bits per heavy atom. The monoisotopic (exact) mass is 712 g/mol. The van der Waals surface area contributed by atoms with Gasteiger partial charge in [0.25, 0.3) is 0 Å². The van der Waals surface area contributed by atoms with Crippen molar-refractivity contribution in [2.24, 2.45) is 0 Å². The van der Waals surface area contributed by atoms with Crippen molar-refractivity contribution in [2.45, 2.75) is 29.6 Å². The molecule has 0 N–H and O–H groups in total. The fourth-order valence-electron chi connectivity index (χ4n) is 2.79. The summed E-state index contributed by atoms with van der Waals surface area (Å²) in [5.74, 6) is 0. The molecule has 0 unspecified atom stereocenters. The van der Waals surface area contributed by atoms with Crippen LogP contribution in [-0.4, -0.2) is 36.8 Å². The predicted molar refractivity (Wildman–Crippen MR) is 161 cm³/mol. The molecule has 0 fully saturated rings. The van der Waals surface area contributed by atoms with Gasteiger partial charge in [-0.15, -0.1) is 22.7 Å². The Bertz CT molecular complexity index is 1040. The Labute approximate surface area is 218 Å². The molecule has 168 valence electrons. The molecule has 6 heteroatoms. The first-order valence-electron chi connectivity index (χ1n) is 10.7. The van der Waals surface area contributed by atoms with Gasteiger partial charge in [0.15, 0.2) is 0 Å². The van der Waals surface area contributed by atoms with Crippen molar-refractivity contribution < 1.29 is 0 Å². The van der Waals surface area contributed by atoms with E-state index in [1.165, 1.54) is 19.5 Å². The molecule has 0 aromatic carbocycles. The quantitative estimate of drug-likeness (QED) is 0.175. The van der Waals surface area contributed by atoms with Gasteiger partial charge in [0, 0.05) is 9.75 Å². The summed E-state index contributed by atoms with van der Waals surface area (Å²) >= 11 is 3.79. The first kappa shape index (κ1) is 26.5. The fourth-order valence-corrected chi connectivity index (χ4v) is 16.6. The molecule has 0 saturated carbocycles. The molecule has 0 bridgehead atoms. The van der Waals surface area contributed by atoms with Crippen LogP contribution < -0.4 is 5.79 Å². The van der Waals surface area contributed by atoms with E-state index < -0.39 is 36.8 Å². The van der Waals surface area contributed by atoms with Gasteiger partial charge in [0.1, 0.15) is 0 Å². The molecule has 0 spiro atoms. The van der Waals surface area contributed by atoms with Crippen LogP contribution in [-0.2, 0) is 0 Å². The van der Waals surface area contributed by atoms with E-state index in [0.29, 0.717) is 0 Å².